The largest absolute Gasteiger partial charge is 0.467 e. The third-order valence-corrected chi connectivity index (χ3v) is 3.91. The number of hydrogen-bond donors (Lipinski definition) is 1. The monoisotopic (exact) mass is 262 g/mol. The van der Waals surface area contributed by atoms with Gasteiger partial charge in [0.2, 0.25) is 11.8 Å². The Bertz CT molecular complexity index is 479. The Morgan fingerprint density at radius 3 is 2.79 bits per heavy atom. The highest BCUT2D eigenvalue weighted by Crippen LogP contribution is 2.35. The van der Waals surface area contributed by atoms with Crippen LogP contribution >= 0.6 is 0 Å². The molecule has 3 rings (SSSR count). The molecule has 0 radical (unpaired) electrons. The molecule has 5 heteroatoms. The SMILES string of the molecule is CCC1C(=O)NC(C2CC2)C(=O)N1Cc1ccco1. The topological polar surface area (TPSA) is 62.6 Å². The highest BCUT2D eigenvalue weighted by Gasteiger charge is 2.46. The fourth-order valence-corrected chi connectivity index (χ4v) is 2.70. The van der Waals surface area contributed by atoms with Crippen LogP contribution in [0.25, 0.3) is 0 Å². The maximum atomic E-state index is 12.5. The van der Waals surface area contributed by atoms with Crippen LogP contribution in [0.5, 0.6) is 0 Å². The van der Waals surface area contributed by atoms with Crippen LogP contribution < -0.4 is 5.32 Å². The van der Waals surface area contributed by atoms with Gasteiger partial charge in [0, 0.05) is 0 Å². The molecule has 1 saturated heterocycles. The third kappa shape index (κ3) is 2.25. The van der Waals surface area contributed by atoms with E-state index in [1.807, 2.05) is 13.0 Å². The normalized spacial score (nSPS) is 27.5. The predicted octanol–water partition coefficient (Wildman–Crippen LogP) is 1.30. The quantitative estimate of drug-likeness (QED) is 0.889. The summed E-state index contributed by atoms with van der Waals surface area (Å²) in [5.74, 6) is 1.04. The number of amides is 2. The molecule has 2 heterocycles. The predicted molar refractivity (Wildman–Crippen MR) is 68.0 cm³/mol. The molecule has 2 atom stereocenters. The van der Waals surface area contributed by atoms with Crippen molar-refractivity contribution in [3.05, 3.63) is 24.2 Å². The summed E-state index contributed by atoms with van der Waals surface area (Å²) in [4.78, 5) is 26.3. The third-order valence-electron chi connectivity index (χ3n) is 3.91. The van der Waals surface area contributed by atoms with Gasteiger partial charge in [0.05, 0.1) is 12.8 Å². The fourth-order valence-electron chi connectivity index (χ4n) is 2.70. The van der Waals surface area contributed by atoms with Crippen molar-refractivity contribution < 1.29 is 14.0 Å². The van der Waals surface area contributed by atoms with Gasteiger partial charge in [-0.15, -0.1) is 0 Å². The van der Waals surface area contributed by atoms with Crippen molar-refractivity contribution in [3.63, 3.8) is 0 Å². The fraction of sp³-hybridized carbons (Fsp3) is 0.571. The maximum Gasteiger partial charge on any atom is 0.246 e. The maximum absolute atomic E-state index is 12.5. The zero-order valence-corrected chi connectivity index (χ0v) is 11.0. The minimum atomic E-state index is -0.382. The van der Waals surface area contributed by atoms with Gasteiger partial charge in [-0.1, -0.05) is 6.92 Å². The van der Waals surface area contributed by atoms with Crippen LogP contribution in [-0.2, 0) is 16.1 Å². The van der Waals surface area contributed by atoms with Crippen LogP contribution in [0.1, 0.15) is 31.9 Å². The van der Waals surface area contributed by atoms with Crippen LogP contribution in [0, 0.1) is 5.92 Å². The van der Waals surface area contributed by atoms with E-state index in [1.165, 1.54) is 0 Å². The Balaban J connectivity index is 1.82. The summed E-state index contributed by atoms with van der Waals surface area (Å²) in [6, 6.07) is 2.92. The second-order valence-corrected chi connectivity index (χ2v) is 5.29. The zero-order valence-electron chi connectivity index (χ0n) is 11.0. The highest BCUT2D eigenvalue weighted by molar-refractivity contribution is 5.97. The molecule has 1 saturated carbocycles. The molecule has 0 spiro atoms. The van der Waals surface area contributed by atoms with Crippen LogP contribution in [0.2, 0.25) is 0 Å². The Labute approximate surface area is 111 Å². The lowest BCUT2D eigenvalue weighted by Crippen LogP contribution is -2.63. The molecule has 0 aromatic carbocycles. The minimum Gasteiger partial charge on any atom is -0.467 e. The zero-order chi connectivity index (χ0) is 13.4. The van der Waals surface area contributed by atoms with Crippen molar-refractivity contribution in [1.82, 2.24) is 10.2 Å². The smallest absolute Gasteiger partial charge is 0.246 e. The van der Waals surface area contributed by atoms with Crippen molar-refractivity contribution in [2.24, 2.45) is 5.92 Å². The van der Waals surface area contributed by atoms with E-state index >= 15 is 0 Å². The van der Waals surface area contributed by atoms with Crippen molar-refractivity contribution in [1.29, 1.82) is 0 Å². The second kappa shape index (κ2) is 4.72. The average molecular weight is 262 g/mol. The molecular weight excluding hydrogens is 244 g/mol. The molecule has 19 heavy (non-hydrogen) atoms. The standard InChI is InChI=1S/C14H18N2O3/c1-2-11-13(17)15-12(9-5-6-9)14(18)16(11)8-10-4-3-7-19-10/h3-4,7,9,11-12H,2,5-6,8H2,1H3,(H,15,17). The summed E-state index contributed by atoms with van der Waals surface area (Å²) in [6.07, 6.45) is 4.27. The molecule has 1 aromatic rings. The molecule has 1 N–H and O–H groups in total. The van der Waals surface area contributed by atoms with E-state index in [0.717, 1.165) is 18.6 Å². The second-order valence-electron chi connectivity index (χ2n) is 5.29. The lowest BCUT2D eigenvalue weighted by molar-refractivity contribution is -0.151. The van der Waals surface area contributed by atoms with Gasteiger partial charge in [-0.2, -0.15) is 0 Å². The van der Waals surface area contributed by atoms with Gasteiger partial charge >= 0.3 is 0 Å². The molecule has 2 amide bonds. The van der Waals surface area contributed by atoms with Gasteiger partial charge in [0.15, 0.2) is 0 Å². The number of furan rings is 1. The first-order valence-corrected chi connectivity index (χ1v) is 6.84. The van der Waals surface area contributed by atoms with Crippen LogP contribution in [0.3, 0.4) is 0 Å². The first-order valence-electron chi connectivity index (χ1n) is 6.84. The van der Waals surface area contributed by atoms with Gasteiger partial charge in [-0.05, 0) is 37.3 Å². The van der Waals surface area contributed by atoms with E-state index in [0.29, 0.717) is 18.9 Å². The van der Waals surface area contributed by atoms with E-state index in [9.17, 15) is 9.59 Å². The van der Waals surface area contributed by atoms with Crippen LogP contribution in [0.15, 0.2) is 22.8 Å². The van der Waals surface area contributed by atoms with Gasteiger partial charge in [0.25, 0.3) is 0 Å². The summed E-state index contributed by atoms with van der Waals surface area (Å²) in [5.41, 5.74) is 0. The number of piperazine rings is 1. The van der Waals surface area contributed by atoms with Gasteiger partial charge in [0.1, 0.15) is 17.8 Å². The van der Waals surface area contributed by atoms with E-state index in [4.69, 9.17) is 4.42 Å². The summed E-state index contributed by atoms with van der Waals surface area (Å²) < 4.78 is 5.30. The number of hydrogen-bond acceptors (Lipinski definition) is 3. The van der Waals surface area contributed by atoms with Gasteiger partial charge < -0.3 is 14.6 Å². The number of carbonyl (C=O) groups is 2. The number of carbonyl (C=O) groups excluding carboxylic acids is 2. The van der Waals surface area contributed by atoms with Gasteiger partial charge in [-0.3, -0.25) is 9.59 Å². The van der Waals surface area contributed by atoms with Crippen LogP contribution in [0.4, 0.5) is 0 Å². The van der Waals surface area contributed by atoms with Crippen molar-refractivity contribution in [2.45, 2.75) is 44.8 Å². The molecule has 5 nitrogen and oxygen atoms in total. The molecule has 1 aliphatic carbocycles. The van der Waals surface area contributed by atoms with Crippen molar-refractivity contribution in [2.75, 3.05) is 0 Å². The lowest BCUT2D eigenvalue weighted by Gasteiger charge is -2.38. The van der Waals surface area contributed by atoms with E-state index in [-0.39, 0.29) is 23.9 Å². The lowest BCUT2D eigenvalue weighted by atomic mass is 10.0. The first-order chi connectivity index (χ1) is 9.20. The Morgan fingerprint density at radius 2 is 2.21 bits per heavy atom. The molecule has 2 aliphatic rings. The summed E-state index contributed by atoms with van der Waals surface area (Å²) in [7, 11) is 0. The molecule has 2 unspecified atom stereocenters. The Kier molecular flexibility index (Phi) is 3.05. The average Bonchev–Trinajstić information content (AvgIpc) is 3.11. The summed E-state index contributed by atoms with van der Waals surface area (Å²) in [6.45, 7) is 2.30. The van der Waals surface area contributed by atoms with E-state index in [2.05, 4.69) is 5.32 Å². The molecular formula is C14H18N2O3. The summed E-state index contributed by atoms with van der Waals surface area (Å²) in [5, 5.41) is 2.88. The molecule has 0 bridgehead atoms. The first kappa shape index (κ1) is 12.3. The van der Waals surface area contributed by atoms with Crippen molar-refractivity contribution in [3.8, 4) is 0 Å². The van der Waals surface area contributed by atoms with E-state index in [1.54, 1.807) is 17.2 Å². The molecule has 1 aliphatic heterocycles. The van der Waals surface area contributed by atoms with Gasteiger partial charge in [-0.25, -0.2) is 0 Å². The van der Waals surface area contributed by atoms with Crippen molar-refractivity contribution >= 4 is 11.8 Å². The number of rotatable bonds is 4. The molecule has 2 fully saturated rings. The molecule has 102 valence electrons. The number of nitrogens with one attached hydrogen (secondary N) is 1. The van der Waals surface area contributed by atoms with E-state index < -0.39 is 0 Å². The Hall–Kier alpha value is -1.78. The number of nitrogens with zero attached hydrogens (tertiary/aromatic N) is 1. The highest BCUT2D eigenvalue weighted by atomic mass is 16.3. The minimum absolute atomic E-state index is 0.0327. The summed E-state index contributed by atoms with van der Waals surface area (Å²) >= 11 is 0. The van der Waals surface area contributed by atoms with Crippen LogP contribution in [-0.4, -0.2) is 28.8 Å². The molecule has 1 aromatic heterocycles. The Morgan fingerprint density at radius 1 is 1.42 bits per heavy atom.